The summed E-state index contributed by atoms with van der Waals surface area (Å²) in [7, 11) is 0. The average molecular weight is 376 g/mol. The third-order valence-electron chi connectivity index (χ3n) is 5.69. The molecule has 1 aromatic rings. The van der Waals surface area contributed by atoms with E-state index in [1.807, 2.05) is 30.3 Å². The van der Waals surface area contributed by atoms with Gasteiger partial charge in [-0.3, -0.25) is 4.79 Å². The van der Waals surface area contributed by atoms with E-state index < -0.39 is 18.2 Å². The topological polar surface area (TPSA) is 99.1 Å². The molecule has 1 unspecified atom stereocenters. The summed E-state index contributed by atoms with van der Waals surface area (Å²) in [5, 5.41) is 22.3. The summed E-state index contributed by atoms with van der Waals surface area (Å²) in [5.74, 6) is -0.0533. The Morgan fingerprint density at radius 2 is 2.00 bits per heavy atom. The number of hydrogen-bond acceptors (Lipinski definition) is 5. The molecule has 1 aromatic carbocycles. The quantitative estimate of drug-likeness (QED) is 0.669. The van der Waals surface area contributed by atoms with Gasteiger partial charge >= 0.3 is 6.09 Å². The molecule has 1 spiro atoms. The molecule has 1 saturated heterocycles. The Bertz CT molecular complexity index is 647. The number of carbonyl (C=O) groups excluding carboxylic acids is 2. The molecular formula is C20H28N2O5. The van der Waals surface area contributed by atoms with Crippen molar-refractivity contribution in [2.75, 3.05) is 19.7 Å². The minimum absolute atomic E-state index is 0.0533. The third kappa shape index (κ3) is 5.20. The fourth-order valence-electron chi connectivity index (χ4n) is 3.58. The molecule has 3 N–H and O–H groups in total. The molecule has 148 valence electrons. The highest BCUT2D eigenvalue weighted by atomic mass is 16.5. The zero-order valence-corrected chi connectivity index (χ0v) is 15.5. The van der Waals surface area contributed by atoms with Crippen LogP contribution in [-0.2, 0) is 16.1 Å². The predicted molar refractivity (Wildman–Crippen MR) is 98.7 cm³/mol. The van der Waals surface area contributed by atoms with Gasteiger partial charge in [0.15, 0.2) is 0 Å². The second-order valence-electron chi connectivity index (χ2n) is 7.59. The number of benzene rings is 1. The number of nitrogens with zero attached hydrogens (tertiary/aromatic N) is 1. The van der Waals surface area contributed by atoms with Gasteiger partial charge in [0.2, 0.25) is 5.91 Å². The number of likely N-dealkylation sites (tertiary alicyclic amines) is 1. The zero-order valence-electron chi connectivity index (χ0n) is 15.5. The Kier molecular flexibility index (Phi) is 6.34. The Morgan fingerprint density at radius 1 is 1.26 bits per heavy atom. The Balaban J connectivity index is 1.38. The summed E-state index contributed by atoms with van der Waals surface area (Å²) in [5.41, 5.74) is 0.939. The number of hydrogen-bond donors (Lipinski definition) is 3. The van der Waals surface area contributed by atoms with E-state index in [-0.39, 0.29) is 31.0 Å². The molecule has 0 aromatic heterocycles. The van der Waals surface area contributed by atoms with Crippen LogP contribution in [0.2, 0.25) is 0 Å². The van der Waals surface area contributed by atoms with Gasteiger partial charge in [0.05, 0.1) is 18.8 Å². The van der Waals surface area contributed by atoms with E-state index in [2.05, 4.69) is 5.32 Å². The van der Waals surface area contributed by atoms with Crippen molar-refractivity contribution < 1.29 is 24.5 Å². The number of amides is 2. The molecule has 2 atom stereocenters. The number of piperidine rings is 1. The summed E-state index contributed by atoms with van der Waals surface area (Å²) in [6.45, 7) is 0.942. The number of aliphatic hydroxyl groups is 2. The van der Waals surface area contributed by atoms with Crippen LogP contribution in [0, 0.1) is 5.41 Å². The smallest absolute Gasteiger partial charge is 0.407 e. The van der Waals surface area contributed by atoms with Crippen molar-refractivity contribution in [3.8, 4) is 0 Å². The van der Waals surface area contributed by atoms with Gasteiger partial charge in [-0.05, 0) is 36.7 Å². The molecule has 0 bridgehead atoms. The number of alkyl carbamates (subject to hydrolysis) is 1. The normalized spacial score (nSPS) is 21.6. The summed E-state index contributed by atoms with van der Waals surface area (Å²) in [6, 6.07) is 8.78. The highest BCUT2D eigenvalue weighted by Crippen LogP contribution is 2.53. The second-order valence-corrected chi connectivity index (χ2v) is 7.59. The van der Waals surface area contributed by atoms with Crippen molar-refractivity contribution in [2.24, 2.45) is 5.41 Å². The van der Waals surface area contributed by atoms with E-state index in [0.29, 0.717) is 19.5 Å². The van der Waals surface area contributed by atoms with Crippen molar-refractivity contribution in [1.82, 2.24) is 10.2 Å². The predicted octanol–water partition coefficient (Wildman–Crippen LogP) is 1.43. The van der Waals surface area contributed by atoms with E-state index in [4.69, 9.17) is 4.74 Å². The van der Waals surface area contributed by atoms with Crippen molar-refractivity contribution in [3.63, 3.8) is 0 Å². The minimum Gasteiger partial charge on any atom is -0.445 e. The number of nitrogens with one attached hydrogen (secondary N) is 1. The molecular weight excluding hydrogens is 348 g/mol. The molecule has 3 rings (SSSR count). The van der Waals surface area contributed by atoms with Crippen LogP contribution in [0.25, 0.3) is 0 Å². The minimum atomic E-state index is -0.616. The lowest BCUT2D eigenvalue weighted by Gasteiger charge is -2.36. The van der Waals surface area contributed by atoms with Gasteiger partial charge < -0.3 is 25.2 Å². The van der Waals surface area contributed by atoms with Gasteiger partial charge in [-0.1, -0.05) is 30.3 Å². The van der Waals surface area contributed by atoms with Crippen molar-refractivity contribution in [1.29, 1.82) is 0 Å². The van der Waals surface area contributed by atoms with Crippen LogP contribution in [0.15, 0.2) is 30.3 Å². The number of aliphatic hydroxyl groups excluding tert-OH is 2. The van der Waals surface area contributed by atoms with Gasteiger partial charge in [0.1, 0.15) is 6.61 Å². The van der Waals surface area contributed by atoms with Crippen LogP contribution in [-0.4, -0.2) is 59.0 Å². The van der Waals surface area contributed by atoms with E-state index >= 15 is 0 Å². The van der Waals surface area contributed by atoms with E-state index in [9.17, 15) is 19.8 Å². The lowest BCUT2D eigenvalue weighted by molar-refractivity contribution is -0.136. The molecule has 2 aliphatic rings. The van der Waals surface area contributed by atoms with Gasteiger partial charge in [0.25, 0.3) is 0 Å². The molecule has 0 radical (unpaired) electrons. The van der Waals surface area contributed by atoms with Crippen molar-refractivity contribution in [3.05, 3.63) is 35.9 Å². The molecule has 1 heterocycles. The van der Waals surface area contributed by atoms with Gasteiger partial charge in [-0.15, -0.1) is 0 Å². The molecule has 7 heteroatoms. The first-order valence-corrected chi connectivity index (χ1v) is 9.56. The molecule has 2 amide bonds. The first-order valence-electron chi connectivity index (χ1n) is 9.56. The third-order valence-corrected chi connectivity index (χ3v) is 5.69. The zero-order chi connectivity index (χ0) is 19.3. The number of β-amino-alcohol motifs (C(OH)–C–C–N with tert-alkyl or cyclic N) is 1. The average Bonchev–Trinajstić information content (AvgIpc) is 3.47. The molecule has 7 nitrogen and oxygen atoms in total. The van der Waals surface area contributed by atoms with Crippen LogP contribution in [0.1, 0.15) is 37.7 Å². The monoisotopic (exact) mass is 376 g/mol. The summed E-state index contributed by atoms with van der Waals surface area (Å²) >= 11 is 0. The number of rotatable bonds is 7. The maximum atomic E-state index is 12.4. The van der Waals surface area contributed by atoms with E-state index in [1.54, 1.807) is 4.90 Å². The number of carbonyl (C=O) groups is 2. The van der Waals surface area contributed by atoms with Gasteiger partial charge in [-0.25, -0.2) is 4.79 Å². The van der Waals surface area contributed by atoms with Crippen LogP contribution in [0.3, 0.4) is 0 Å². The van der Waals surface area contributed by atoms with Crippen molar-refractivity contribution in [2.45, 2.75) is 50.9 Å². The van der Waals surface area contributed by atoms with Crippen LogP contribution < -0.4 is 5.32 Å². The van der Waals surface area contributed by atoms with Crippen molar-refractivity contribution >= 4 is 12.0 Å². The molecule has 1 aliphatic heterocycles. The SMILES string of the molecule is O=C(N[C@H](CO)CCC(=O)N1CCC2(CC2)C(O)C1)OCc1ccccc1. The fraction of sp³-hybridized carbons (Fsp3) is 0.600. The Morgan fingerprint density at radius 3 is 2.63 bits per heavy atom. The second kappa shape index (κ2) is 8.71. The van der Waals surface area contributed by atoms with Crippen LogP contribution in [0.5, 0.6) is 0 Å². The van der Waals surface area contributed by atoms with Gasteiger partial charge in [0, 0.05) is 19.5 Å². The highest BCUT2D eigenvalue weighted by Gasteiger charge is 2.51. The standard InChI is InChI=1S/C20H28N2O5/c23-13-16(21-19(26)27-14-15-4-2-1-3-5-15)6-7-18(25)22-11-10-20(8-9-20)17(24)12-22/h1-5,16-17,23-24H,6-14H2,(H,21,26)/t16-,17?/m0/s1. The van der Waals surface area contributed by atoms with Crippen LogP contribution in [0.4, 0.5) is 4.79 Å². The maximum Gasteiger partial charge on any atom is 0.407 e. The van der Waals surface area contributed by atoms with Gasteiger partial charge in [-0.2, -0.15) is 0 Å². The molecule has 1 saturated carbocycles. The van der Waals surface area contributed by atoms with E-state index in [0.717, 1.165) is 24.8 Å². The molecule has 27 heavy (non-hydrogen) atoms. The van der Waals surface area contributed by atoms with E-state index in [1.165, 1.54) is 0 Å². The van der Waals surface area contributed by atoms with Crippen LogP contribution >= 0.6 is 0 Å². The molecule has 2 fully saturated rings. The Hall–Kier alpha value is -2.12. The number of ether oxygens (including phenoxy) is 1. The summed E-state index contributed by atoms with van der Waals surface area (Å²) < 4.78 is 5.14. The Labute approximate surface area is 159 Å². The maximum absolute atomic E-state index is 12.4. The first-order chi connectivity index (χ1) is 13.0. The highest BCUT2D eigenvalue weighted by molar-refractivity contribution is 5.76. The lowest BCUT2D eigenvalue weighted by Crippen LogP contribution is -2.48. The first kappa shape index (κ1) is 19.6. The summed E-state index contributed by atoms with van der Waals surface area (Å²) in [4.78, 5) is 26.0. The largest absolute Gasteiger partial charge is 0.445 e. The lowest BCUT2D eigenvalue weighted by atomic mass is 9.90. The molecule has 1 aliphatic carbocycles. The fourth-order valence-corrected chi connectivity index (χ4v) is 3.58. The summed E-state index contributed by atoms with van der Waals surface area (Å²) in [6.07, 6.45) is 2.45.